The number of hydrogen-bond donors (Lipinski definition) is 0. The first-order valence-electron chi connectivity index (χ1n) is 7.14. The van der Waals surface area contributed by atoms with E-state index in [2.05, 4.69) is 33.9 Å². The highest BCUT2D eigenvalue weighted by atomic mass is 32.2. The van der Waals surface area contributed by atoms with Gasteiger partial charge in [0.1, 0.15) is 26.2 Å². The first-order chi connectivity index (χ1) is 9.10. The average molecular weight is 322 g/mol. The molecule has 0 N–H and O–H groups in total. The molecule has 1 saturated heterocycles. The van der Waals surface area contributed by atoms with Gasteiger partial charge in [-0.3, -0.25) is 0 Å². The average Bonchev–Trinajstić information content (AvgIpc) is 2.59. The van der Waals surface area contributed by atoms with Crippen molar-refractivity contribution in [2.24, 2.45) is 0 Å². The smallest absolute Gasteiger partial charge is 0.192 e. The summed E-state index contributed by atoms with van der Waals surface area (Å²) in [7, 11) is -0.0841. The lowest BCUT2D eigenvalue weighted by molar-refractivity contribution is -0.0267. The topological polar surface area (TPSA) is 27.7 Å². The predicted octanol–water partition coefficient (Wildman–Crippen LogP) is 2.41. The Hall–Kier alpha value is 0.442. The van der Waals surface area contributed by atoms with Crippen LogP contribution in [-0.2, 0) is 13.9 Å². The van der Waals surface area contributed by atoms with Gasteiger partial charge in [0, 0.05) is 0 Å². The van der Waals surface area contributed by atoms with Gasteiger partial charge in [-0.2, -0.15) is 0 Å². The van der Waals surface area contributed by atoms with E-state index in [0.717, 1.165) is 0 Å². The number of hydrogen-bond acceptors (Lipinski definition) is 4. The zero-order valence-corrected chi connectivity index (χ0v) is 15.6. The quantitative estimate of drug-likeness (QED) is 0.554. The van der Waals surface area contributed by atoms with E-state index in [0.29, 0.717) is 12.5 Å². The van der Waals surface area contributed by atoms with Gasteiger partial charge in [-0.1, -0.05) is 20.8 Å². The van der Waals surface area contributed by atoms with Crippen LogP contribution in [0.2, 0.25) is 18.1 Å². The normalized spacial score (nSPS) is 31.8. The van der Waals surface area contributed by atoms with E-state index in [1.807, 2.05) is 6.26 Å². The molecular weight excluding hydrogens is 294 g/mol. The minimum atomic E-state index is -1.84. The Morgan fingerprint density at radius 3 is 2.45 bits per heavy atom. The van der Waals surface area contributed by atoms with Crippen LogP contribution in [0.1, 0.15) is 20.8 Å². The molecule has 1 heterocycles. The van der Waals surface area contributed by atoms with Gasteiger partial charge in [-0.25, -0.2) is 4.39 Å². The highest BCUT2D eigenvalue weighted by Gasteiger charge is 2.45. The molecule has 0 bridgehead atoms. The Bertz CT molecular complexity index is 314. The maximum Gasteiger partial charge on any atom is 0.192 e. The minimum absolute atomic E-state index is 0.141. The van der Waals surface area contributed by atoms with Crippen molar-refractivity contribution in [1.82, 2.24) is 0 Å². The molecule has 1 aliphatic heterocycles. The molecule has 4 atom stereocenters. The third-order valence-electron chi connectivity index (χ3n) is 4.31. The second-order valence-electron chi connectivity index (χ2n) is 6.93. The molecule has 20 heavy (non-hydrogen) atoms. The van der Waals surface area contributed by atoms with Crippen LogP contribution in [0.3, 0.4) is 0 Å². The number of rotatable bonds is 6. The molecular formula is C13H28BFO3SSi. The third-order valence-corrected chi connectivity index (χ3v) is 9.18. The molecule has 7 heteroatoms. The van der Waals surface area contributed by atoms with Crippen LogP contribution in [-0.4, -0.2) is 59.3 Å². The zero-order chi connectivity index (χ0) is 15.6. The molecule has 0 saturated carbocycles. The van der Waals surface area contributed by atoms with Crippen LogP contribution in [0.15, 0.2) is 0 Å². The van der Waals surface area contributed by atoms with Gasteiger partial charge in [-0.05, 0) is 24.4 Å². The zero-order valence-electron chi connectivity index (χ0n) is 13.7. The van der Waals surface area contributed by atoms with Gasteiger partial charge in [0.15, 0.2) is 8.32 Å². The summed E-state index contributed by atoms with van der Waals surface area (Å²) in [6, 6.07) is -0.421. The maximum atomic E-state index is 14.1. The van der Waals surface area contributed by atoms with Gasteiger partial charge < -0.3 is 13.9 Å². The number of thioether (sulfide) groups is 1. The summed E-state index contributed by atoms with van der Waals surface area (Å²) < 4.78 is 31.5. The van der Waals surface area contributed by atoms with Gasteiger partial charge in [0.25, 0.3) is 0 Å². The molecule has 0 aliphatic carbocycles. The SMILES string of the molecule is B[C@@H]1O[C@H](CO[Si](C)(C)C(C)(C)C)C(OCSC)[C@@H]1F. The molecule has 0 amide bonds. The van der Waals surface area contributed by atoms with Crippen molar-refractivity contribution in [3.8, 4) is 0 Å². The lowest BCUT2D eigenvalue weighted by Gasteiger charge is -2.37. The van der Waals surface area contributed by atoms with E-state index >= 15 is 0 Å². The van der Waals surface area contributed by atoms with E-state index in [1.165, 1.54) is 0 Å². The Labute approximate surface area is 128 Å². The molecule has 1 fully saturated rings. The van der Waals surface area contributed by atoms with Crippen LogP contribution >= 0.6 is 11.8 Å². The van der Waals surface area contributed by atoms with Crippen molar-refractivity contribution < 1.29 is 18.3 Å². The van der Waals surface area contributed by atoms with Crippen LogP contribution in [0, 0.1) is 0 Å². The Balaban J connectivity index is 2.61. The van der Waals surface area contributed by atoms with Gasteiger partial charge >= 0.3 is 0 Å². The summed E-state index contributed by atoms with van der Waals surface area (Å²) >= 11 is 1.55. The van der Waals surface area contributed by atoms with Crippen LogP contribution in [0.5, 0.6) is 0 Å². The summed E-state index contributed by atoms with van der Waals surface area (Å²) in [5, 5.41) is 0.141. The molecule has 3 nitrogen and oxygen atoms in total. The van der Waals surface area contributed by atoms with Crippen LogP contribution < -0.4 is 0 Å². The molecule has 118 valence electrons. The first-order valence-corrected chi connectivity index (χ1v) is 11.4. The summed E-state index contributed by atoms with van der Waals surface area (Å²) in [6.07, 6.45) is 0.0480. The maximum absolute atomic E-state index is 14.1. The van der Waals surface area contributed by atoms with E-state index in [1.54, 1.807) is 19.6 Å². The standard InChI is InChI=1S/C13H28BFO3SSi/c1-13(2,3)20(5,6)17-7-9-11(16-8-19-4)10(15)12(14)18-9/h9-12H,7-8,14H2,1-6H3/t9-,10+,11?,12-/m1/s1. The second kappa shape index (κ2) is 7.14. The fourth-order valence-electron chi connectivity index (χ4n) is 1.89. The summed E-state index contributed by atoms with van der Waals surface area (Å²) in [4.78, 5) is 0. The van der Waals surface area contributed by atoms with Crippen molar-refractivity contribution in [3.05, 3.63) is 0 Å². The predicted molar refractivity (Wildman–Crippen MR) is 88.5 cm³/mol. The Kier molecular flexibility index (Phi) is 6.60. The summed E-state index contributed by atoms with van der Waals surface area (Å²) in [6.45, 7) is 11.4. The van der Waals surface area contributed by atoms with E-state index in [9.17, 15) is 4.39 Å². The molecule has 0 radical (unpaired) electrons. The number of alkyl halides is 1. The molecule has 0 aromatic rings. The van der Waals surface area contributed by atoms with E-state index < -0.39 is 26.6 Å². The molecule has 0 aromatic carbocycles. The van der Waals surface area contributed by atoms with Crippen LogP contribution in [0.25, 0.3) is 0 Å². The van der Waals surface area contributed by atoms with Crippen LogP contribution in [0.4, 0.5) is 4.39 Å². The van der Waals surface area contributed by atoms with Gasteiger partial charge in [0.05, 0.1) is 18.5 Å². The highest BCUT2D eigenvalue weighted by molar-refractivity contribution is 7.98. The van der Waals surface area contributed by atoms with E-state index in [-0.39, 0.29) is 11.1 Å². The first kappa shape index (κ1) is 18.5. The highest BCUT2D eigenvalue weighted by Crippen LogP contribution is 2.37. The molecule has 1 rings (SSSR count). The van der Waals surface area contributed by atoms with Crippen molar-refractivity contribution in [2.45, 2.75) is 63.3 Å². The second-order valence-corrected chi connectivity index (χ2v) is 12.6. The molecule has 0 spiro atoms. The van der Waals surface area contributed by atoms with Crippen molar-refractivity contribution in [2.75, 3.05) is 18.8 Å². The minimum Gasteiger partial charge on any atom is -0.414 e. The summed E-state index contributed by atoms with van der Waals surface area (Å²) in [5.74, 6) is 0.484. The Morgan fingerprint density at radius 1 is 1.35 bits per heavy atom. The van der Waals surface area contributed by atoms with Gasteiger partial charge in [-0.15, -0.1) is 11.8 Å². The largest absolute Gasteiger partial charge is 0.414 e. The Morgan fingerprint density at radius 2 is 1.95 bits per heavy atom. The number of halogens is 1. The van der Waals surface area contributed by atoms with E-state index in [4.69, 9.17) is 13.9 Å². The fourth-order valence-corrected chi connectivity index (χ4v) is 3.19. The fraction of sp³-hybridized carbons (Fsp3) is 1.00. The lowest BCUT2D eigenvalue weighted by Crippen LogP contribution is -2.44. The molecule has 1 aliphatic rings. The molecule has 1 unspecified atom stereocenters. The number of ether oxygens (including phenoxy) is 2. The van der Waals surface area contributed by atoms with Crippen molar-refractivity contribution >= 4 is 27.9 Å². The monoisotopic (exact) mass is 322 g/mol. The van der Waals surface area contributed by atoms with Gasteiger partial charge in [0.2, 0.25) is 0 Å². The third kappa shape index (κ3) is 4.47. The van der Waals surface area contributed by atoms with Crippen molar-refractivity contribution in [3.63, 3.8) is 0 Å². The van der Waals surface area contributed by atoms with Crippen molar-refractivity contribution in [1.29, 1.82) is 0 Å². The summed E-state index contributed by atoms with van der Waals surface area (Å²) in [5.41, 5.74) is 0. The lowest BCUT2D eigenvalue weighted by atomic mass is 9.94. The molecule has 0 aromatic heterocycles.